The van der Waals surface area contributed by atoms with E-state index in [0.717, 1.165) is 32.6 Å². The average molecular weight is 252 g/mol. The second kappa shape index (κ2) is 6.39. The molecule has 18 heavy (non-hydrogen) atoms. The number of ether oxygens (including phenoxy) is 2. The Morgan fingerprint density at radius 2 is 2.44 bits per heavy atom. The largest absolute Gasteiger partial charge is 0.476 e. The van der Waals surface area contributed by atoms with E-state index >= 15 is 0 Å². The molecule has 1 fully saturated rings. The first-order valence-electron chi connectivity index (χ1n) is 6.36. The average Bonchev–Trinajstić information content (AvgIpc) is 2.89. The van der Waals surface area contributed by atoms with Crippen molar-refractivity contribution in [2.75, 3.05) is 37.4 Å². The van der Waals surface area contributed by atoms with Gasteiger partial charge in [-0.25, -0.2) is 4.98 Å². The minimum Gasteiger partial charge on any atom is -0.476 e. The van der Waals surface area contributed by atoms with Crippen LogP contribution in [0.15, 0.2) is 6.33 Å². The molecule has 1 aromatic rings. The highest BCUT2D eigenvalue weighted by atomic mass is 16.5. The summed E-state index contributed by atoms with van der Waals surface area (Å²) in [6.45, 7) is 5.11. The van der Waals surface area contributed by atoms with E-state index in [2.05, 4.69) is 15.3 Å². The topological polar surface area (TPSA) is 82.3 Å². The molecular weight excluding hydrogens is 232 g/mol. The summed E-state index contributed by atoms with van der Waals surface area (Å²) in [4.78, 5) is 8.17. The van der Waals surface area contributed by atoms with Gasteiger partial charge in [-0.2, -0.15) is 4.98 Å². The Bertz CT molecular complexity index is 380. The molecular formula is C12H20N4O2. The summed E-state index contributed by atoms with van der Waals surface area (Å²) >= 11 is 0. The molecule has 0 amide bonds. The maximum atomic E-state index is 5.97. The predicted octanol–water partition coefficient (Wildman–Crippen LogP) is 1.30. The molecule has 6 heteroatoms. The van der Waals surface area contributed by atoms with Gasteiger partial charge in [0.25, 0.3) is 0 Å². The lowest BCUT2D eigenvalue weighted by molar-refractivity contribution is 0.187. The van der Waals surface area contributed by atoms with Crippen LogP contribution in [0.4, 0.5) is 11.5 Å². The highest BCUT2D eigenvalue weighted by molar-refractivity contribution is 5.66. The van der Waals surface area contributed by atoms with Crippen molar-refractivity contribution < 1.29 is 9.47 Å². The van der Waals surface area contributed by atoms with Crippen LogP contribution < -0.4 is 15.8 Å². The molecule has 100 valence electrons. The Hall–Kier alpha value is -1.56. The second-order valence-corrected chi connectivity index (χ2v) is 4.40. The predicted molar refractivity (Wildman–Crippen MR) is 69.6 cm³/mol. The zero-order chi connectivity index (χ0) is 12.8. The molecule has 0 radical (unpaired) electrons. The van der Waals surface area contributed by atoms with Crippen molar-refractivity contribution in [1.82, 2.24) is 9.97 Å². The summed E-state index contributed by atoms with van der Waals surface area (Å²) in [5.41, 5.74) is 6.44. The lowest BCUT2D eigenvalue weighted by atomic mass is 10.1. The summed E-state index contributed by atoms with van der Waals surface area (Å²) in [5, 5.41) is 3.24. The maximum absolute atomic E-state index is 5.97. The normalized spacial score (nSPS) is 18.8. The number of nitrogens with one attached hydrogen (secondary N) is 1. The van der Waals surface area contributed by atoms with Crippen molar-refractivity contribution >= 4 is 11.5 Å². The maximum Gasteiger partial charge on any atom is 0.242 e. The van der Waals surface area contributed by atoms with Crippen LogP contribution in [0.25, 0.3) is 0 Å². The van der Waals surface area contributed by atoms with Gasteiger partial charge in [-0.3, -0.25) is 0 Å². The van der Waals surface area contributed by atoms with Gasteiger partial charge in [0.15, 0.2) is 5.82 Å². The molecule has 0 saturated carbocycles. The van der Waals surface area contributed by atoms with Crippen LogP contribution in [0.1, 0.15) is 19.8 Å². The van der Waals surface area contributed by atoms with Gasteiger partial charge >= 0.3 is 0 Å². The third-order valence-electron chi connectivity index (χ3n) is 2.87. The van der Waals surface area contributed by atoms with E-state index in [1.54, 1.807) is 0 Å². The summed E-state index contributed by atoms with van der Waals surface area (Å²) in [5.74, 6) is 1.62. The standard InChI is InChI=1S/C12H20N4O2/c1-2-4-18-12-10(13)11(15-8-16-12)14-6-9-3-5-17-7-9/h8-9H,2-7,13H2,1H3,(H,14,15,16). The smallest absolute Gasteiger partial charge is 0.242 e. The van der Waals surface area contributed by atoms with Crippen molar-refractivity contribution in [1.29, 1.82) is 0 Å². The second-order valence-electron chi connectivity index (χ2n) is 4.40. The fourth-order valence-corrected chi connectivity index (χ4v) is 1.82. The lowest BCUT2D eigenvalue weighted by Crippen LogP contribution is -2.16. The number of hydrogen-bond acceptors (Lipinski definition) is 6. The molecule has 1 unspecified atom stereocenters. The van der Waals surface area contributed by atoms with Crippen LogP contribution in [0.3, 0.4) is 0 Å². The number of hydrogen-bond donors (Lipinski definition) is 2. The van der Waals surface area contributed by atoms with E-state index in [1.807, 2.05) is 6.92 Å². The molecule has 0 aromatic carbocycles. The summed E-state index contributed by atoms with van der Waals surface area (Å²) in [6.07, 6.45) is 3.47. The van der Waals surface area contributed by atoms with Crippen LogP contribution in [-0.4, -0.2) is 36.3 Å². The molecule has 1 aliphatic rings. The SMILES string of the molecule is CCCOc1ncnc(NCC2CCOC2)c1N. The Balaban J connectivity index is 1.94. The summed E-state index contributed by atoms with van der Waals surface area (Å²) in [6, 6.07) is 0. The lowest BCUT2D eigenvalue weighted by Gasteiger charge is -2.13. The van der Waals surface area contributed by atoms with Crippen molar-refractivity contribution in [3.63, 3.8) is 0 Å². The molecule has 1 saturated heterocycles. The minimum absolute atomic E-state index is 0.456. The van der Waals surface area contributed by atoms with Crippen molar-refractivity contribution in [3.05, 3.63) is 6.33 Å². The van der Waals surface area contributed by atoms with E-state index in [0.29, 0.717) is 29.9 Å². The van der Waals surface area contributed by atoms with Gasteiger partial charge in [0.05, 0.1) is 13.2 Å². The van der Waals surface area contributed by atoms with Crippen LogP contribution in [0.5, 0.6) is 5.88 Å². The molecule has 2 heterocycles. The molecule has 0 aliphatic carbocycles. The molecule has 6 nitrogen and oxygen atoms in total. The first-order valence-corrected chi connectivity index (χ1v) is 6.36. The molecule has 0 bridgehead atoms. The third-order valence-corrected chi connectivity index (χ3v) is 2.87. The number of nitrogen functional groups attached to an aromatic ring is 1. The van der Waals surface area contributed by atoms with Gasteiger partial charge in [-0.05, 0) is 12.8 Å². The Kier molecular flexibility index (Phi) is 4.58. The number of rotatable bonds is 6. The fraction of sp³-hybridized carbons (Fsp3) is 0.667. The molecule has 0 spiro atoms. The number of nitrogens with two attached hydrogens (primary N) is 1. The van der Waals surface area contributed by atoms with E-state index in [1.165, 1.54) is 6.33 Å². The molecule has 1 aromatic heterocycles. The van der Waals surface area contributed by atoms with E-state index in [9.17, 15) is 0 Å². The number of anilines is 2. The Morgan fingerprint density at radius 3 is 3.17 bits per heavy atom. The van der Waals surface area contributed by atoms with Gasteiger partial charge in [0, 0.05) is 19.1 Å². The van der Waals surface area contributed by atoms with E-state index < -0.39 is 0 Å². The monoisotopic (exact) mass is 252 g/mol. The van der Waals surface area contributed by atoms with Gasteiger partial charge in [-0.15, -0.1) is 0 Å². The van der Waals surface area contributed by atoms with Crippen LogP contribution >= 0.6 is 0 Å². The van der Waals surface area contributed by atoms with Gasteiger partial charge in [0.2, 0.25) is 5.88 Å². The van der Waals surface area contributed by atoms with Gasteiger partial charge < -0.3 is 20.5 Å². The minimum atomic E-state index is 0.456. The number of nitrogens with zero attached hydrogens (tertiary/aromatic N) is 2. The highest BCUT2D eigenvalue weighted by Crippen LogP contribution is 2.25. The molecule has 1 atom stereocenters. The van der Waals surface area contributed by atoms with Crippen LogP contribution in [-0.2, 0) is 4.74 Å². The van der Waals surface area contributed by atoms with Crippen molar-refractivity contribution in [2.45, 2.75) is 19.8 Å². The zero-order valence-corrected chi connectivity index (χ0v) is 10.7. The van der Waals surface area contributed by atoms with Gasteiger partial charge in [0.1, 0.15) is 12.0 Å². The van der Waals surface area contributed by atoms with Crippen LogP contribution in [0.2, 0.25) is 0 Å². The number of aromatic nitrogens is 2. The quantitative estimate of drug-likeness (QED) is 0.794. The zero-order valence-electron chi connectivity index (χ0n) is 10.7. The summed E-state index contributed by atoms with van der Waals surface area (Å²) < 4.78 is 10.8. The Labute approximate surface area is 107 Å². The fourth-order valence-electron chi connectivity index (χ4n) is 1.82. The molecule has 3 N–H and O–H groups in total. The first kappa shape index (κ1) is 12.9. The first-order chi connectivity index (χ1) is 8.81. The van der Waals surface area contributed by atoms with E-state index in [4.69, 9.17) is 15.2 Å². The molecule has 2 rings (SSSR count). The Morgan fingerprint density at radius 1 is 1.56 bits per heavy atom. The third kappa shape index (κ3) is 3.22. The van der Waals surface area contributed by atoms with E-state index in [-0.39, 0.29) is 0 Å². The van der Waals surface area contributed by atoms with Crippen LogP contribution in [0, 0.1) is 5.92 Å². The van der Waals surface area contributed by atoms with Crippen molar-refractivity contribution in [2.24, 2.45) is 5.92 Å². The summed E-state index contributed by atoms with van der Waals surface area (Å²) in [7, 11) is 0. The van der Waals surface area contributed by atoms with Crippen molar-refractivity contribution in [3.8, 4) is 5.88 Å². The highest BCUT2D eigenvalue weighted by Gasteiger charge is 2.16. The van der Waals surface area contributed by atoms with Gasteiger partial charge in [-0.1, -0.05) is 6.92 Å². The molecule has 1 aliphatic heterocycles.